The third-order valence-corrected chi connectivity index (χ3v) is 16.8. The molecule has 2 aliphatic carbocycles. The van der Waals surface area contributed by atoms with Crippen LogP contribution in [-0.2, 0) is 29.8 Å². The number of benzene rings is 2. The number of hydrogen-bond acceptors (Lipinski definition) is 11. The summed E-state index contributed by atoms with van der Waals surface area (Å²) in [6, 6.07) is 9.62. The number of hydrogen-bond donors (Lipinski definition) is 2. The van der Waals surface area contributed by atoms with Crippen molar-refractivity contribution in [2.75, 3.05) is 19.0 Å². The van der Waals surface area contributed by atoms with Gasteiger partial charge in [0.2, 0.25) is 13.3 Å². The third-order valence-electron chi connectivity index (χ3n) is 13.2. The van der Waals surface area contributed by atoms with Crippen molar-refractivity contribution in [3.8, 4) is 22.9 Å². The molecule has 64 heavy (non-hydrogen) atoms. The number of allylic oxidation sites excluding steroid dienone is 2. The lowest BCUT2D eigenvalue weighted by atomic mass is 9.94. The number of ketones is 1. The molecule has 1 amide bonds. The number of ether oxygens (including phenoxy) is 3. The number of amides is 1. The number of halogens is 2. The number of methoxy groups -OCH3 is 1. The van der Waals surface area contributed by atoms with Crippen molar-refractivity contribution in [3.63, 3.8) is 0 Å². The predicted molar refractivity (Wildman–Crippen MR) is 242 cm³/mol. The molecule has 4 aliphatic rings. The summed E-state index contributed by atoms with van der Waals surface area (Å²) >= 11 is 1.45. The van der Waals surface area contributed by atoms with Crippen LogP contribution in [0.4, 0.5) is 13.9 Å². The number of carbonyl (C=O) groups is 3. The molecule has 6 atom stereocenters. The second kappa shape index (κ2) is 19.4. The van der Waals surface area contributed by atoms with E-state index in [0.29, 0.717) is 53.1 Å². The summed E-state index contributed by atoms with van der Waals surface area (Å²) in [4.78, 5) is 66.4. The molecule has 342 valence electrons. The minimum absolute atomic E-state index is 0.00539. The van der Waals surface area contributed by atoms with Crippen LogP contribution in [-0.4, -0.2) is 80.5 Å². The van der Waals surface area contributed by atoms with Crippen LogP contribution in [0.15, 0.2) is 60.0 Å². The van der Waals surface area contributed by atoms with Gasteiger partial charge in [-0.1, -0.05) is 31.1 Å². The fraction of sp³-hybridized carbons (Fsp3) is 0.521. The fourth-order valence-electron chi connectivity index (χ4n) is 9.70. The first-order chi connectivity index (χ1) is 30.7. The molecule has 0 spiro atoms. The van der Waals surface area contributed by atoms with Gasteiger partial charge in [0.05, 0.1) is 48.6 Å². The van der Waals surface area contributed by atoms with Crippen LogP contribution in [0.3, 0.4) is 0 Å². The van der Waals surface area contributed by atoms with Crippen molar-refractivity contribution in [1.82, 2.24) is 14.9 Å². The zero-order chi connectivity index (χ0) is 45.2. The Balaban J connectivity index is 1.14. The van der Waals surface area contributed by atoms with Gasteiger partial charge >= 0.3 is 5.97 Å². The summed E-state index contributed by atoms with van der Waals surface area (Å²) in [7, 11) is -2.90. The average Bonchev–Trinajstić information content (AvgIpc) is 3.67. The quantitative estimate of drug-likeness (QED) is 0.0792. The zero-order valence-electron chi connectivity index (χ0n) is 36.6. The van der Waals surface area contributed by atoms with Gasteiger partial charge < -0.3 is 29.3 Å². The molecule has 2 aromatic heterocycles. The zero-order valence-corrected chi connectivity index (χ0v) is 38.3. The van der Waals surface area contributed by atoms with E-state index in [1.807, 2.05) is 37.4 Å². The highest BCUT2D eigenvalue weighted by atomic mass is 32.1. The van der Waals surface area contributed by atoms with Gasteiger partial charge in [-0.15, -0.1) is 11.3 Å². The number of nitrogens with one attached hydrogen (secondary N) is 1. The predicted octanol–water partition coefficient (Wildman–Crippen LogP) is 10.0. The van der Waals surface area contributed by atoms with Crippen molar-refractivity contribution >= 4 is 52.4 Å². The maximum atomic E-state index is 15.0. The van der Waals surface area contributed by atoms with E-state index in [9.17, 15) is 32.6 Å². The molecule has 3 fully saturated rings. The van der Waals surface area contributed by atoms with Crippen molar-refractivity contribution in [2.45, 2.75) is 133 Å². The maximum absolute atomic E-state index is 15.0. The average molecular weight is 919 g/mol. The van der Waals surface area contributed by atoms with Gasteiger partial charge in [0, 0.05) is 53.3 Å². The molecule has 4 aromatic rings. The third kappa shape index (κ3) is 10.1. The van der Waals surface area contributed by atoms with Crippen LogP contribution in [0.25, 0.3) is 22.3 Å². The summed E-state index contributed by atoms with van der Waals surface area (Å²) in [5.74, 6) is -3.33. The number of fused-ring (bicyclic) bond motifs is 3. The van der Waals surface area contributed by atoms with Crippen LogP contribution in [0.1, 0.15) is 103 Å². The molecule has 4 heterocycles. The summed E-state index contributed by atoms with van der Waals surface area (Å²) in [5, 5.41) is 5.14. The number of rotatable bonds is 12. The highest BCUT2D eigenvalue weighted by Crippen LogP contribution is 2.74. The molecule has 0 radical (unpaired) electrons. The highest BCUT2D eigenvalue weighted by Gasteiger charge is 2.65. The number of anilines is 1. The van der Waals surface area contributed by atoms with Crippen molar-refractivity contribution in [2.24, 2.45) is 11.8 Å². The fourth-order valence-corrected chi connectivity index (χ4v) is 13.1. The van der Waals surface area contributed by atoms with E-state index in [-0.39, 0.29) is 50.3 Å². The first-order valence-corrected chi connectivity index (χ1v) is 25.3. The van der Waals surface area contributed by atoms with E-state index in [0.717, 1.165) is 55.8 Å². The number of carbonyl (C=O) groups excluding carboxylic acids is 3. The van der Waals surface area contributed by atoms with E-state index in [2.05, 4.69) is 5.32 Å². The molecular formula is C48H57F2N4O8PS. The van der Waals surface area contributed by atoms with Crippen LogP contribution in [0.5, 0.6) is 11.5 Å². The molecule has 8 rings (SSSR count). The minimum Gasteiger partial charge on any atom is -0.497 e. The number of thiazole rings is 1. The lowest BCUT2D eigenvalue weighted by Gasteiger charge is -2.30. The number of esters is 1. The Morgan fingerprint density at radius 3 is 2.53 bits per heavy atom. The van der Waals surface area contributed by atoms with Crippen LogP contribution in [0, 0.1) is 23.5 Å². The Kier molecular flexibility index (Phi) is 13.9. The van der Waals surface area contributed by atoms with Crippen LogP contribution < -0.4 is 14.8 Å². The Bertz CT molecular complexity index is 2440. The second-order valence-electron chi connectivity index (χ2n) is 18.2. The molecule has 2 aromatic carbocycles. The Hall–Kier alpha value is -4.72. The first kappa shape index (κ1) is 45.8. The summed E-state index contributed by atoms with van der Waals surface area (Å²) in [5.41, 5.74) is 1.26. The Morgan fingerprint density at radius 2 is 1.78 bits per heavy atom. The number of aromatic nitrogens is 2. The topological polar surface area (TPSA) is 157 Å². The van der Waals surface area contributed by atoms with Gasteiger partial charge in [0.15, 0.2) is 10.9 Å². The van der Waals surface area contributed by atoms with Gasteiger partial charge in [-0.2, -0.15) is 0 Å². The van der Waals surface area contributed by atoms with Gasteiger partial charge in [-0.3, -0.25) is 18.9 Å². The van der Waals surface area contributed by atoms with Crippen molar-refractivity contribution < 1.29 is 46.8 Å². The van der Waals surface area contributed by atoms with Crippen LogP contribution in [0.2, 0.25) is 0 Å². The number of nitrogens with zero attached hydrogens (tertiary/aromatic N) is 3. The SMILES string of the molecule is COc1ccc2c(O[C@@H]3C[C@H]4C(=O)C[C@]5(P(=O)(O)Cc6c(F)cccc6F)C[C@H]5/C=C\CCCCC[C@H](CC(=O)OC5CCCC5)C(=O)N4C3)cc(-c3csc(NC(C)C)n3)nc2c1. The van der Waals surface area contributed by atoms with Gasteiger partial charge in [0.1, 0.15) is 41.0 Å². The Morgan fingerprint density at radius 1 is 1.02 bits per heavy atom. The molecule has 1 unspecified atom stereocenters. The summed E-state index contributed by atoms with van der Waals surface area (Å²) in [6.07, 6.45) is 8.72. The summed E-state index contributed by atoms with van der Waals surface area (Å²) < 4.78 is 62.7. The maximum Gasteiger partial charge on any atom is 0.306 e. The lowest BCUT2D eigenvalue weighted by Crippen LogP contribution is -2.45. The molecule has 2 saturated carbocycles. The Labute approximate surface area is 376 Å². The van der Waals surface area contributed by atoms with Gasteiger partial charge in [-0.25, -0.2) is 18.7 Å². The normalized spacial score (nSPS) is 25.8. The van der Waals surface area contributed by atoms with E-state index in [1.54, 1.807) is 25.3 Å². The minimum atomic E-state index is -4.47. The monoisotopic (exact) mass is 918 g/mol. The van der Waals surface area contributed by atoms with Crippen LogP contribution >= 0.6 is 18.7 Å². The first-order valence-electron chi connectivity index (χ1n) is 22.6. The van der Waals surface area contributed by atoms with E-state index in [4.69, 9.17) is 24.2 Å². The molecule has 2 aliphatic heterocycles. The smallest absolute Gasteiger partial charge is 0.306 e. The largest absolute Gasteiger partial charge is 0.497 e. The number of Topliss-reactive ketones (excluding diaryl/α,β-unsaturated/α-hetero) is 1. The second-order valence-corrected chi connectivity index (χ2v) is 21.7. The number of pyridine rings is 1. The highest BCUT2D eigenvalue weighted by molar-refractivity contribution is 7.59. The summed E-state index contributed by atoms with van der Waals surface area (Å²) in [6.45, 7) is 4.06. The van der Waals surface area contributed by atoms with Gasteiger partial charge in [0.25, 0.3) is 0 Å². The molecule has 1 saturated heterocycles. The van der Waals surface area contributed by atoms with E-state index >= 15 is 0 Å². The molecule has 16 heteroatoms. The molecular weight excluding hydrogens is 862 g/mol. The van der Waals surface area contributed by atoms with Gasteiger partial charge in [-0.05, 0) is 95.4 Å². The molecule has 12 nitrogen and oxygen atoms in total. The lowest BCUT2D eigenvalue weighted by molar-refractivity contribution is -0.154. The standard InChI is InChI=1S/C48H57F2N4O8PS/c1-29(2)51-47-53-41(28-64-47)40-23-44(35-19-18-33(60-3)21-39(35)52-40)61-34-22-42-43(55)25-48(63(58,59)27-36-37(49)16-11-17-38(36)50)24-31(48)13-8-6-4-5-7-12-30(46(57)54(42)26-34)20-45(56)62-32-14-9-10-15-32/h8,11,13,16-19,21,23,28-32,34,42H,4-7,9-10,12,14-15,20,22,24-27H2,1-3H3,(H,51,53)(H,58,59)/b13-8-/t30-,31-,34-,42+,48-/m1/s1. The molecule has 0 bridgehead atoms. The van der Waals surface area contributed by atoms with Crippen molar-refractivity contribution in [1.29, 1.82) is 0 Å². The van der Waals surface area contributed by atoms with Crippen molar-refractivity contribution in [3.05, 3.63) is 77.2 Å². The molecule has 2 N–H and O–H groups in total. The van der Waals surface area contributed by atoms with E-state index in [1.165, 1.54) is 22.3 Å². The van der Waals surface area contributed by atoms with E-state index < -0.39 is 71.6 Å².